The van der Waals surface area contributed by atoms with Crippen LogP contribution in [0.25, 0.3) is 11.1 Å². The topological polar surface area (TPSA) is 0 Å². The maximum atomic E-state index is 2.34. The van der Waals surface area contributed by atoms with E-state index < -0.39 is 0 Å². The SMILES string of the molecule is Cc1cc(C)cc(C(c2cc(C)cc(C)c2)[c-]2cccc2-c2ccccc2)c1.[Cl-].[Cl-].[Cl-].[Ti+4]. The molecule has 0 bridgehead atoms. The largest absolute Gasteiger partial charge is 4.00 e. The first kappa shape index (κ1) is 30.6. The molecule has 0 fully saturated rings. The number of rotatable bonds is 4. The summed E-state index contributed by atoms with van der Waals surface area (Å²) in [7, 11) is 0. The molecule has 0 aliphatic carbocycles. The molecule has 0 radical (unpaired) electrons. The zero-order valence-corrected chi connectivity index (χ0v) is 22.6. The summed E-state index contributed by atoms with van der Waals surface area (Å²) in [6.45, 7) is 8.77. The minimum atomic E-state index is 0. The molecule has 4 aromatic carbocycles. The average molecular weight is 518 g/mol. The Labute approximate surface area is 226 Å². The van der Waals surface area contributed by atoms with Crippen LogP contribution in [0.2, 0.25) is 0 Å². The summed E-state index contributed by atoms with van der Waals surface area (Å²) in [5.41, 5.74) is 12.0. The zero-order chi connectivity index (χ0) is 19.7. The molecule has 0 aromatic heterocycles. The molecule has 4 heteroatoms. The van der Waals surface area contributed by atoms with Crippen molar-refractivity contribution in [2.24, 2.45) is 0 Å². The van der Waals surface area contributed by atoms with Crippen LogP contribution in [0.1, 0.15) is 44.9 Å². The number of hydrogen-bond acceptors (Lipinski definition) is 0. The predicted octanol–water partition coefficient (Wildman–Crippen LogP) is -1.50. The number of benzene rings is 3. The van der Waals surface area contributed by atoms with Crippen LogP contribution in [-0.2, 0) is 21.7 Å². The predicted molar refractivity (Wildman–Crippen MR) is 120 cm³/mol. The Kier molecular flexibility index (Phi) is 12.8. The third kappa shape index (κ3) is 6.80. The van der Waals surface area contributed by atoms with Crippen LogP contribution in [0.4, 0.5) is 0 Å². The summed E-state index contributed by atoms with van der Waals surface area (Å²) < 4.78 is 0. The Morgan fingerprint density at radius 2 is 1.00 bits per heavy atom. The Balaban J connectivity index is 0.00000240. The monoisotopic (exact) mass is 516 g/mol. The first-order valence-corrected chi connectivity index (χ1v) is 9.98. The summed E-state index contributed by atoms with van der Waals surface area (Å²) in [5.74, 6) is 0.224. The number of aryl methyl sites for hydroxylation is 4. The van der Waals surface area contributed by atoms with Gasteiger partial charge in [0.15, 0.2) is 0 Å². The van der Waals surface area contributed by atoms with Crippen molar-refractivity contribution in [1.82, 2.24) is 0 Å². The molecule has 164 valence electrons. The molecule has 32 heavy (non-hydrogen) atoms. The molecule has 0 atom stereocenters. The van der Waals surface area contributed by atoms with Crippen molar-refractivity contribution >= 4 is 0 Å². The molecule has 0 N–H and O–H groups in total. The fraction of sp³-hybridized carbons (Fsp3) is 0.179. The summed E-state index contributed by atoms with van der Waals surface area (Å²) in [6.07, 6.45) is 0. The Hall–Kier alpha value is -1.41. The molecule has 0 aliphatic rings. The number of halogens is 3. The normalized spacial score (nSPS) is 9.78. The molecule has 0 nitrogen and oxygen atoms in total. The van der Waals surface area contributed by atoms with Gasteiger partial charge in [0, 0.05) is 0 Å². The average Bonchev–Trinajstić information content (AvgIpc) is 3.10. The van der Waals surface area contributed by atoms with E-state index in [0.29, 0.717) is 0 Å². The molecule has 0 unspecified atom stereocenters. The molecule has 0 heterocycles. The van der Waals surface area contributed by atoms with E-state index in [1.807, 2.05) is 0 Å². The quantitative estimate of drug-likeness (QED) is 0.228. The standard InChI is InChI=1S/C28H27.3ClH.Ti/c1-19-13-20(2)16-24(15-19)28(25-17-21(3)14-22(4)18-25)27-12-8-11-26(27)23-9-6-5-7-10-23;;;;/h5-18,28H,1-4H3;3*1H;/q-1;;;;+4/p-3. The van der Waals surface area contributed by atoms with E-state index in [9.17, 15) is 0 Å². The summed E-state index contributed by atoms with van der Waals surface area (Å²) in [4.78, 5) is 0. The van der Waals surface area contributed by atoms with Crippen molar-refractivity contribution in [3.05, 3.63) is 124 Å². The molecule has 0 aliphatic heterocycles. The van der Waals surface area contributed by atoms with Gasteiger partial charge in [0.2, 0.25) is 0 Å². The first-order chi connectivity index (χ1) is 13.5. The molecule has 0 saturated heterocycles. The smallest absolute Gasteiger partial charge is 1.00 e. The molecular formula is C28H27Cl3Ti. The van der Waals surface area contributed by atoms with E-state index in [4.69, 9.17) is 0 Å². The van der Waals surface area contributed by atoms with Crippen LogP contribution in [0, 0.1) is 27.7 Å². The van der Waals surface area contributed by atoms with Crippen LogP contribution in [0.3, 0.4) is 0 Å². The van der Waals surface area contributed by atoms with Crippen molar-refractivity contribution in [3.8, 4) is 11.1 Å². The Morgan fingerprint density at radius 1 is 0.562 bits per heavy atom. The summed E-state index contributed by atoms with van der Waals surface area (Å²) >= 11 is 0. The Morgan fingerprint density at radius 3 is 1.44 bits per heavy atom. The minimum Gasteiger partial charge on any atom is -1.00 e. The van der Waals surface area contributed by atoms with Gasteiger partial charge in [-0.1, -0.05) is 94.5 Å². The van der Waals surface area contributed by atoms with Gasteiger partial charge in [0.1, 0.15) is 0 Å². The van der Waals surface area contributed by atoms with Crippen LogP contribution in [0.5, 0.6) is 0 Å². The van der Waals surface area contributed by atoms with Gasteiger partial charge in [-0.25, -0.2) is 0 Å². The number of hydrogen-bond donors (Lipinski definition) is 0. The Bertz CT molecular complexity index is 1020. The third-order valence-corrected chi connectivity index (χ3v) is 5.40. The van der Waals surface area contributed by atoms with E-state index in [2.05, 4.69) is 113 Å². The van der Waals surface area contributed by atoms with Crippen molar-refractivity contribution in [2.75, 3.05) is 0 Å². The minimum absolute atomic E-state index is 0. The molecule has 0 amide bonds. The van der Waals surface area contributed by atoms with Gasteiger partial charge in [-0.15, -0.1) is 17.2 Å². The molecular weight excluding hydrogens is 491 g/mol. The molecule has 0 spiro atoms. The van der Waals surface area contributed by atoms with Crippen LogP contribution < -0.4 is 37.2 Å². The molecule has 0 saturated carbocycles. The maximum absolute atomic E-state index is 2.34. The van der Waals surface area contributed by atoms with E-state index in [1.54, 1.807) is 0 Å². The van der Waals surface area contributed by atoms with Gasteiger partial charge < -0.3 is 37.2 Å². The van der Waals surface area contributed by atoms with Crippen molar-refractivity contribution in [3.63, 3.8) is 0 Å². The zero-order valence-electron chi connectivity index (χ0n) is 18.8. The molecule has 4 rings (SSSR count). The van der Waals surface area contributed by atoms with Gasteiger partial charge >= 0.3 is 21.7 Å². The van der Waals surface area contributed by atoms with E-state index >= 15 is 0 Å². The van der Waals surface area contributed by atoms with E-state index in [0.717, 1.165) is 0 Å². The first-order valence-electron chi connectivity index (χ1n) is 9.98. The fourth-order valence-corrected chi connectivity index (χ4v) is 4.47. The van der Waals surface area contributed by atoms with Crippen molar-refractivity contribution in [2.45, 2.75) is 33.6 Å². The van der Waals surface area contributed by atoms with Crippen molar-refractivity contribution < 1.29 is 58.9 Å². The summed E-state index contributed by atoms with van der Waals surface area (Å²) in [5, 5.41) is 0. The van der Waals surface area contributed by atoms with Gasteiger partial charge in [-0.2, -0.15) is 12.1 Å². The molecule has 4 aromatic rings. The van der Waals surface area contributed by atoms with E-state index in [1.165, 1.54) is 50.1 Å². The fourth-order valence-electron chi connectivity index (χ4n) is 4.47. The maximum Gasteiger partial charge on any atom is 4.00 e. The second-order valence-corrected chi connectivity index (χ2v) is 8.04. The van der Waals surface area contributed by atoms with Gasteiger partial charge in [0.25, 0.3) is 0 Å². The van der Waals surface area contributed by atoms with Crippen LogP contribution >= 0.6 is 0 Å². The van der Waals surface area contributed by atoms with Gasteiger partial charge in [0.05, 0.1) is 0 Å². The van der Waals surface area contributed by atoms with E-state index in [-0.39, 0.29) is 64.9 Å². The second-order valence-electron chi connectivity index (χ2n) is 8.04. The summed E-state index contributed by atoms with van der Waals surface area (Å²) in [6, 6.07) is 31.4. The second kappa shape index (κ2) is 13.3. The van der Waals surface area contributed by atoms with Crippen molar-refractivity contribution in [1.29, 1.82) is 0 Å². The third-order valence-electron chi connectivity index (χ3n) is 5.40. The van der Waals surface area contributed by atoms with Crippen LogP contribution in [-0.4, -0.2) is 0 Å². The van der Waals surface area contributed by atoms with Crippen LogP contribution in [0.15, 0.2) is 84.9 Å². The van der Waals surface area contributed by atoms with Gasteiger partial charge in [-0.3, -0.25) is 0 Å². The van der Waals surface area contributed by atoms with Gasteiger partial charge in [-0.05, 0) is 44.7 Å².